The third-order valence-corrected chi connectivity index (χ3v) is 2.64. The van der Waals surface area contributed by atoms with Gasteiger partial charge in [-0.05, 0) is 30.9 Å². The van der Waals surface area contributed by atoms with Gasteiger partial charge in [0.1, 0.15) is 0 Å². The van der Waals surface area contributed by atoms with Crippen LogP contribution in [-0.2, 0) is 6.42 Å². The van der Waals surface area contributed by atoms with Crippen LogP contribution in [0.1, 0.15) is 23.5 Å². The summed E-state index contributed by atoms with van der Waals surface area (Å²) in [4.78, 5) is 0. The lowest BCUT2D eigenvalue weighted by molar-refractivity contribution is 0.187. The number of benzene rings is 1. The highest BCUT2D eigenvalue weighted by molar-refractivity contribution is 5.35. The van der Waals surface area contributed by atoms with Crippen LogP contribution >= 0.6 is 0 Å². The summed E-state index contributed by atoms with van der Waals surface area (Å²) in [6.07, 6.45) is 1.69. The summed E-state index contributed by atoms with van der Waals surface area (Å²) < 4.78 is 0. The molecule has 1 aromatic carbocycles. The van der Waals surface area contributed by atoms with Crippen molar-refractivity contribution < 1.29 is 5.11 Å². The monoisotopic (exact) mass is 161 g/mol. The lowest BCUT2D eigenvalue weighted by atomic mass is 9.97. The van der Waals surface area contributed by atoms with Crippen LogP contribution in [0, 0.1) is 6.92 Å². The van der Waals surface area contributed by atoms with Crippen molar-refractivity contribution in [3.8, 4) is 0 Å². The van der Waals surface area contributed by atoms with E-state index >= 15 is 0 Å². The van der Waals surface area contributed by atoms with Crippen molar-refractivity contribution in [1.29, 1.82) is 0 Å². The van der Waals surface area contributed by atoms with Gasteiger partial charge in [0, 0.05) is 5.92 Å². The molecule has 0 saturated heterocycles. The molecule has 63 valence electrons. The number of aryl methyl sites for hydroxylation is 1. The Morgan fingerprint density at radius 3 is 2.92 bits per heavy atom. The fraction of sp³-hybridized carbons (Fsp3) is 0.364. The Labute approximate surface area is 73.0 Å². The topological polar surface area (TPSA) is 20.2 Å². The van der Waals surface area contributed by atoms with Crippen molar-refractivity contribution in [2.45, 2.75) is 24.9 Å². The SMILES string of the molecule is [CH2]C(O)C1CCc2ccccc21. The number of fused-ring (bicyclic) bond motifs is 1. The second-order valence-electron chi connectivity index (χ2n) is 3.41. The first kappa shape index (κ1) is 7.81. The quantitative estimate of drug-likeness (QED) is 0.667. The number of aliphatic hydroxyl groups excluding tert-OH is 1. The Bertz CT molecular complexity index is 278. The number of hydrogen-bond acceptors (Lipinski definition) is 1. The highest BCUT2D eigenvalue weighted by atomic mass is 16.3. The molecule has 12 heavy (non-hydrogen) atoms. The Kier molecular flexibility index (Phi) is 1.89. The van der Waals surface area contributed by atoms with Crippen LogP contribution in [0.3, 0.4) is 0 Å². The van der Waals surface area contributed by atoms with Gasteiger partial charge in [0.2, 0.25) is 0 Å². The van der Waals surface area contributed by atoms with Crippen LogP contribution < -0.4 is 0 Å². The minimum atomic E-state index is -0.450. The number of hydrogen-bond donors (Lipinski definition) is 1. The second kappa shape index (κ2) is 2.91. The Morgan fingerprint density at radius 2 is 2.17 bits per heavy atom. The van der Waals surface area contributed by atoms with E-state index in [-0.39, 0.29) is 5.92 Å². The molecule has 1 aliphatic carbocycles. The second-order valence-corrected chi connectivity index (χ2v) is 3.41. The summed E-state index contributed by atoms with van der Waals surface area (Å²) in [6, 6.07) is 8.31. The fourth-order valence-corrected chi connectivity index (χ4v) is 1.99. The molecule has 0 fully saturated rings. The van der Waals surface area contributed by atoms with E-state index < -0.39 is 6.10 Å². The molecule has 1 heteroatoms. The molecule has 0 aromatic heterocycles. The Balaban J connectivity index is 2.36. The average molecular weight is 161 g/mol. The summed E-state index contributed by atoms with van der Waals surface area (Å²) in [5, 5.41) is 9.39. The average Bonchev–Trinajstić information content (AvgIpc) is 2.47. The molecule has 0 bridgehead atoms. The molecule has 1 radical (unpaired) electrons. The minimum absolute atomic E-state index is 0.265. The molecule has 0 saturated carbocycles. The van der Waals surface area contributed by atoms with Crippen LogP contribution in [-0.4, -0.2) is 11.2 Å². The van der Waals surface area contributed by atoms with Gasteiger partial charge in [-0.2, -0.15) is 0 Å². The molecule has 1 aromatic rings. The first-order valence-electron chi connectivity index (χ1n) is 4.38. The zero-order valence-electron chi connectivity index (χ0n) is 7.03. The molecule has 1 nitrogen and oxygen atoms in total. The summed E-state index contributed by atoms with van der Waals surface area (Å²) in [5.74, 6) is 0.265. The van der Waals surface area contributed by atoms with E-state index in [2.05, 4.69) is 25.1 Å². The maximum absolute atomic E-state index is 9.39. The predicted octanol–water partition coefficient (Wildman–Crippen LogP) is 1.91. The summed E-state index contributed by atoms with van der Waals surface area (Å²) >= 11 is 0. The Morgan fingerprint density at radius 1 is 1.42 bits per heavy atom. The maximum atomic E-state index is 9.39. The zero-order valence-corrected chi connectivity index (χ0v) is 7.03. The molecular weight excluding hydrogens is 148 g/mol. The normalized spacial score (nSPS) is 23.7. The summed E-state index contributed by atoms with van der Waals surface area (Å²) in [7, 11) is 0. The zero-order chi connectivity index (χ0) is 8.55. The molecular formula is C11H13O. The molecule has 0 aliphatic heterocycles. The van der Waals surface area contributed by atoms with Gasteiger partial charge in [-0.15, -0.1) is 0 Å². The molecule has 1 aliphatic rings. The molecule has 1 N–H and O–H groups in total. The van der Waals surface area contributed by atoms with Crippen molar-refractivity contribution in [2.24, 2.45) is 0 Å². The van der Waals surface area contributed by atoms with Crippen LogP contribution in [0.4, 0.5) is 0 Å². The highest BCUT2D eigenvalue weighted by Crippen LogP contribution is 2.34. The molecule has 2 rings (SSSR count). The molecule has 0 spiro atoms. The van der Waals surface area contributed by atoms with Gasteiger partial charge in [0.05, 0.1) is 6.10 Å². The van der Waals surface area contributed by atoms with E-state index in [0.717, 1.165) is 12.8 Å². The lowest BCUT2D eigenvalue weighted by Crippen LogP contribution is -2.11. The number of aliphatic hydroxyl groups is 1. The Hall–Kier alpha value is -0.820. The van der Waals surface area contributed by atoms with E-state index in [1.807, 2.05) is 6.07 Å². The molecule has 0 heterocycles. The van der Waals surface area contributed by atoms with Gasteiger partial charge in [0.25, 0.3) is 0 Å². The third-order valence-electron chi connectivity index (χ3n) is 2.64. The van der Waals surface area contributed by atoms with Gasteiger partial charge in [-0.25, -0.2) is 0 Å². The minimum Gasteiger partial charge on any atom is -0.392 e. The molecule has 2 atom stereocenters. The van der Waals surface area contributed by atoms with Crippen LogP contribution in [0.5, 0.6) is 0 Å². The largest absolute Gasteiger partial charge is 0.392 e. The summed E-state index contributed by atoms with van der Waals surface area (Å²) in [5.41, 5.74) is 2.67. The van der Waals surface area contributed by atoms with Crippen molar-refractivity contribution >= 4 is 0 Å². The predicted molar refractivity (Wildman–Crippen MR) is 48.9 cm³/mol. The van der Waals surface area contributed by atoms with Crippen molar-refractivity contribution in [3.63, 3.8) is 0 Å². The van der Waals surface area contributed by atoms with E-state index in [1.54, 1.807) is 0 Å². The van der Waals surface area contributed by atoms with Crippen molar-refractivity contribution in [1.82, 2.24) is 0 Å². The van der Waals surface area contributed by atoms with E-state index in [9.17, 15) is 5.11 Å². The van der Waals surface area contributed by atoms with Gasteiger partial charge in [-0.1, -0.05) is 24.3 Å². The van der Waals surface area contributed by atoms with Crippen LogP contribution in [0.25, 0.3) is 0 Å². The van der Waals surface area contributed by atoms with E-state index in [1.165, 1.54) is 11.1 Å². The van der Waals surface area contributed by atoms with Crippen LogP contribution in [0.15, 0.2) is 24.3 Å². The number of rotatable bonds is 1. The van der Waals surface area contributed by atoms with Crippen LogP contribution in [0.2, 0.25) is 0 Å². The first-order chi connectivity index (χ1) is 5.79. The first-order valence-corrected chi connectivity index (χ1v) is 4.38. The maximum Gasteiger partial charge on any atom is 0.0609 e. The molecule has 2 unspecified atom stereocenters. The highest BCUT2D eigenvalue weighted by Gasteiger charge is 2.25. The fourth-order valence-electron chi connectivity index (χ4n) is 1.99. The van der Waals surface area contributed by atoms with Gasteiger partial charge in [0.15, 0.2) is 0 Å². The standard InChI is InChI=1S/C11H13O/c1-8(12)10-7-6-9-4-2-3-5-11(9)10/h2-5,8,10,12H,1,6-7H2. The van der Waals surface area contributed by atoms with Gasteiger partial charge < -0.3 is 5.11 Å². The van der Waals surface area contributed by atoms with Gasteiger partial charge >= 0.3 is 0 Å². The van der Waals surface area contributed by atoms with E-state index in [4.69, 9.17) is 0 Å². The van der Waals surface area contributed by atoms with Crippen molar-refractivity contribution in [2.75, 3.05) is 0 Å². The van der Waals surface area contributed by atoms with Gasteiger partial charge in [-0.3, -0.25) is 0 Å². The smallest absolute Gasteiger partial charge is 0.0609 e. The third kappa shape index (κ3) is 1.14. The molecule has 0 amide bonds. The summed E-state index contributed by atoms with van der Waals surface area (Å²) in [6.45, 7) is 3.67. The van der Waals surface area contributed by atoms with E-state index in [0.29, 0.717) is 0 Å². The lowest BCUT2D eigenvalue weighted by Gasteiger charge is -2.13. The van der Waals surface area contributed by atoms with Crippen molar-refractivity contribution in [3.05, 3.63) is 42.3 Å².